The molecular weight excluding hydrogens is 403 g/mol. The summed E-state index contributed by atoms with van der Waals surface area (Å²) in [5.74, 6) is -0.429. The van der Waals surface area contributed by atoms with Gasteiger partial charge in [-0.1, -0.05) is 29.3 Å². The fraction of sp³-hybridized carbons (Fsp3) is 0.100. The topological polar surface area (TPSA) is 80.6 Å². The second-order valence-corrected chi connectivity index (χ2v) is 6.73. The molecule has 6 nitrogen and oxygen atoms in total. The number of carbonyl (C=O) groups is 2. The zero-order valence-corrected chi connectivity index (χ0v) is 16.5. The Morgan fingerprint density at radius 2 is 1.82 bits per heavy atom. The van der Waals surface area contributed by atoms with Gasteiger partial charge in [0.1, 0.15) is 5.75 Å². The van der Waals surface area contributed by atoms with Crippen LogP contribution in [0.4, 0.5) is 11.4 Å². The second-order valence-electron chi connectivity index (χ2n) is 5.88. The van der Waals surface area contributed by atoms with E-state index in [1.807, 2.05) is 6.92 Å². The van der Waals surface area contributed by atoms with Crippen LogP contribution in [0, 0.1) is 6.92 Å². The van der Waals surface area contributed by atoms with Crippen molar-refractivity contribution in [3.63, 3.8) is 0 Å². The van der Waals surface area contributed by atoms with Gasteiger partial charge in [-0.3, -0.25) is 9.59 Å². The van der Waals surface area contributed by atoms with Crippen LogP contribution in [-0.2, 0) is 0 Å². The normalized spacial score (nSPS) is 10.4. The minimum atomic E-state index is -0.445. The first-order valence-corrected chi connectivity index (χ1v) is 8.94. The number of amides is 2. The maximum absolute atomic E-state index is 12.8. The molecule has 2 aromatic carbocycles. The Kier molecular flexibility index (Phi) is 5.92. The highest BCUT2D eigenvalue weighted by Gasteiger charge is 2.18. The van der Waals surface area contributed by atoms with Crippen molar-refractivity contribution in [2.75, 3.05) is 17.7 Å². The molecule has 3 aromatic rings. The average molecular weight is 419 g/mol. The molecule has 0 spiro atoms. The number of furan rings is 1. The second kappa shape index (κ2) is 8.37. The van der Waals surface area contributed by atoms with Crippen LogP contribution in [-0.4, -0.2) is 18.9 Å². The summed E-state index contributed by atoms with van der Waals surface area (Å²) < 4.78 is 10.3. The molecule has 2 N–H and O–H groups in total. The average Bonchev–Trinajstić information content (AvgIpc) is 3.18. The number of methoxy groups -OCH3 is 1. The largest absolute Gasteiger partial charge is 0.494 e. The highest BCUT2D eigenvalue weighted by molar-refractivity contribution is 6.36. The number of benzene rings is 2. The number of hydrogen-bond acceptors (Lipinski definition) is 4. The first-order chi connectivity index (χ1) is 13.4. The van der Waals surface area contributed by atoms with Crippen molar-refractivity contribution in [1.29, 1.82) is 0 Å². The van der Waals surface area contributed by atoms with Gasteiger partial charge >= 0.3 is 0 Å². The number of halogens is 2. The summed E-state index contributed by atoms with van der Waals surface area (Å²) >= 11 is 12.1. The van der Waals surface area contributed by atoms with E-state index in [2.05, 4.69) is 10.6 Å². The molecule has 1 aromatic heterocycles. The molecule has 0 aliphatic heterocycles. The van der Waals surface area contributed by atoms with Gasteiger partial charge in [0.15, 0.2) is 5.76 Å². The molecule has 28 heavy (non-hydrogen) atoms. The molecule has 0 radical (unpaired) electrons. The van der Waals surface area contributed by atoms with Crippen LogP contribution in [0.5, 0.6) is 5.75 Å². The monoisotopic (exact) mass is 418 g/mol. The third-order valence-electron chi connectivity index (χ3n) is 3.95. The van der Waals surface area contributed by atoms with Crippen molar-refractivity contribution in [2.24, 2.45) is 0 Å². The Morgan fingerprint density at radius 3 is 2.50 bits per heavy atom. The van der Waals surface area contributed by atoms with E-state index in [1.165, 1.54) is 25.5 Å². The minimum absolute atomic E-state index is 0.185. The molecule has 0 aliphatic rings. The van der Waals surface area contributed by atoms with E-state index in [0.29, 0.717) is 16.4 Å². The van der Waals surface area contributed by atoms with Crippen LogP contribution in [0.15, 0.2) is 53.1 Å². The number of ether oxygens (including phenoxy) is 1. The van der Waals surface area contributed by atoms with E-state index < -0.39 is 11.8 Å². The van der Waals surface area contributed by atoms with E-state index in [0.717, 1.165) is 5.56 Å². The number of nitrogens with one attached hydrogen (secondary N) is 2. The summed E-state index contributed by atoms with van der Waals surface area (Å²) in [6.45, 7) is 1.83. The van der Waals surface area contributed by atoms with Gasteiger partial charge in [0.25, 0.3) is 11.8 Å². The zero-order chi connectivity index (χ0) is 20.3. The molecule has 3 rings (SSSR count). The Hall–Kier alpha value is -2.96. The highest BCUT2D eigenvalue weighted by atomic mass is 35.5. The summed E-state index contributed by atoms with van der Waals surface area (Å²) in [6, 6.07) is 11.3. The predicted octanol–water partition coefficient (Wildman–Crippen LogP) is 5.41. The summed E-state index contributed by atoms with van der Waals surface area (Å²) in [5.41, 5.74) is 2.01. The lowest BCUT2D eigenvalue weighted by atomic mass is 10.1. The third-order valence-corrected chi connectivity index (χ3v) is 4.44. The Bertz CT molecular complexity index is 1030. The molecular formula is C20H16Cl2N2O4. The Balaban J connectivity index is 1.84. The molecule has 2 amide bonds. The smallest absolute Gasteiger partial charge is 0.291 e. The number of hydrogen-bond donors (Lipinski definition) is 2. The summed E-state index contributed by atoms with van der Waals surface area (Å²) in [4.78, 5) is 24.9. The lowest BCUT2D eigenvalue weighted by Gasteiger charge is -2.14. The Labute approximate surface area is 171 Å². The van der Waals surface area contributed by atoms with Crippen molar-refractivity contribution in [2.45, 2.75) is 6.92 Å². The molecule has 0 atom stereocenters. The molecule has 0 saturated carbocycles. The van der Waals surface area contributed by atoms with Crippen molar-refractivity contribution < 1.29 is 18.7 Å². The van der Waals surface area contributed by atoms with Gasteiger partial charge in [0.2, 0.25) is 0 Å². The van der Waals surface area contributed by atoms with Gasteiger partial charge in [0, 0.05) is 16.4 Å². The number of rotatable bonds is 5. The quantitative estimate of drug-likeness (QED) is 0.580. The van der Waals surface area contributed by atoms with Gasteiger partial charge in [0.05, 0.1) is 24.0 Å². The van der Waals surface area contributed by atoms with E-state index >= 15 is 0 Å². The van der Waals surface area contributed by atoms with Gasteiger partial charge in [-0.15, -0.1) is 0 Å². The van der Waals surface area contributed by atoms with Crippen LogP contribution in [0.2, 0.25) is 10.0 Å². The van der Waals surface area contributed by atoms with Gasteiger partial charge < -0.3 is 19.8 Å². The minimum Gasteiger partial charge on any atom is -0.494 e. The van der Waals surface area contributed by atoms with E-state index in [4.69, 9.17) is 32.4 Å². The third kappa shape index (κ3) is 4.30. The number of aryl methyl sites for hydroxylation is 1. The molecule has 8 heteroatoms. The van der Waals surface area contributed by atoms with Crippen LogP contribution >= 0.6 is 23.2 Å². The SMILES string of the molecule is COc1c(Cl)cc(Cl)cc1C(=O)Nc1cc(NC(=O)c2ccco2)ccc1C. The maximum atomic E-state index is 12.8. The number of carbonyl (C=O) groups excluding carboxylic acids is 2. The Morgan fingerprint density at radius 1 is 1.04 bits per heavy atom. The van der Waals surface area contributed by atoms with Gasteiger partial charge in [-0.2, -0.15) is 0 Å². The molecule has 0 unspecified atom stereocenters. The van der Waals surface area contributed by atoms with Crippen LogP contribution < -0.4 is 15.4 Å². The van der Waals surface area contributed by atoms with Gasteiger partial charge in [-0.25, -0.2) is 0 Å². The standard InChI is InChI=1S/C20H16Cl2N2O4/c1-11-5-6-13(23-20(26)17-4-3-7-28-17)10-16(11)24-19(25)14-8-12(21)9-15(22)18(14)27-2/h3-10H,1-2H3,(H,23,26)(H,24,25). The molecule has 0 fully saturated rings. The van der Waals surface area contributed by atoms with Crippen molar-refractivity contribution in [3.8, 4) is 5.75 Å². The fourth-order valence-electron chi connectivity index (χ4n) is 2.56. The molecule has 1 heterocycles. The van der Waals surface area contributed by atoms with Gasteiger partial charge in [-0.05, 0) is 48.9 Å². The van der Waals surface area contributed by atoms with E-state index in [9.17, 15) is 9.59 Å². The fourth-order valence-corrected chi connectivity index (χ4v) is 3.13. The van der Waals surface area contributed by atoms with E-state index in [-0.39, 0.29) is 22.1 Å². The first kappa shape index (κ1) is 19.8. The summed E-state index contributed by atoms with van der Waals surface area (Å²) in [7, 11) is 1.42. The summed E-state index contributed by atoms with van der Waals surface area (Å²) in [5, 5.41) is 6.05. The summed E-state index contributed by atoms with van der Waals surface area (Å²) in [6.07, 6.45) is 1.42. The zero-order valence-electron chi connectivity index (χ0n) is 15.0. The molecule has 0 aliphatic carbocycles. The lowest BCUT2D eigenvalue weighted by Crippen LogP contribution is -2.15. The molecule has 0 bridgehead atoms. The van der Waals surface area contributed by atoms with Crippen molar-refractivity contribution >= 4 is 46.4 Å². The predicted molar refractivity (Wildman–Crippen MR) is 109 cm³/mol. The van der Waals surface area contributed by atoms with Crippen molar-refractivity contribution in [1.82, 2.24) is 0 Å². The first-order valence-electron chi connectivity index (χ1n) is 8.19. The van der Waals surface area contributed by atoms with Crippen molar-refractivity contribution in [3.05, 3.63) is 75.7 Å². The maximum Gasteiger partial charge on any atom is 0.291 e. The molecule has 0 saturated heterocycles. The van der Waals surface area contributed by atoms with Crippen LogP contribution in [0.1, 0.15) is 26.5 Å². The van der Waals surface area contributed by atoms with E-state index in [1.54, 1.807) is 30.3 Å². The van der Waals surface area contributed by atoms with Crippen LogP contribution in [0.3, 0.4) is 0 Å². The van der Waals surface area contributed by atoms with Crippen LogP contribution in [0.25, 0.3) is 0 Å². The molecule has 144 valence electrons. The lowest BCUT2D eigenvalue weighted by molar-refractivity contribution is 0.0994. The number of anilines is 2. The highest BCUT2D eigenvalue weighted by Crippen LogP contribution is 2.33.